The first-order valence-electron chi connectivity index (χ1n) is 6.80. The molecular formula is C14H15FN4O2S. The van der Waals surface area contributed by atoms with Gasteiger partial charge in [0.1, 0.15) is 5.82 Å². The molecule has 2 aromatic rings. The van der Waals surface area contributed by atoms with Crippen LogP contribution in [-0.4, -0.2) is 41.1 Å². The Kier molecular flexibility index (Phi) is 3.88. The highest BCUT2D eigenvalue weighted by molar-refractivity contribution is 7.90. The number of aromatic nitrogens is 3. The van der Waals surface area contributed by atoms with Crippen LogP contribution < -0.4 is 0 Å². The molecule has 0 unspecified atom stereocenters. The molecule has 3 heterocycles. The van der Waals surface area contributed by atoms with E-state index in [1.54, 1.807) is 18.5 Å². The fraction of sp³-hybridized carbons (Fsp3) is 0.357. The molecule has 2 aromatic heterocycles. The fourth-order valence-corrected chi connectivity index (χ4v) is 2.94. The van der Waals surface area contributed by atoms with Crippen LogP contribution in [0.15, 0.2) is 29.7 Å². The second-order valence-corrected chi connectivity index (χ2v) is 7.20. The first-order valence-corrected chi connectivity index (χ1v) is 8.69. The predicted octanol–water partition coefficient (Wildman–Crippen LogP) is 0.972. The van der Waals surface area contributed by atoms with Gasteiger partial charge in [-0.1, -0.05) is 0 Å². The van der Waals surface area contributed by atoms with Gasteiger partial charge in [-0.3, -0.25) is 9.88 Å². The van der Waals surface area contributed by atoms with Gasteiger partial charge in [-0.25, -0.2) is 22.8 Å². The highest BCUT2D eigenvalue weighted by Crippen LogP contribution is 2.19. The van der Waals surface area contributed by atoms with Gasteiger partial charge in [0.15, 0.2) is 0 Å². The molecule has 0 fully saturated rings. The van der Waals surface area contributed by atoms with Crippen LogP contribution in [0.3, 0.4) is 0 Å². The zero-order valence-electron chi connectivity index (χ0n) is 12.0. The minimum Gasteiger partial charge on any atom is -0.293 e. The van der Waals surface area contributed by atoms with Gasteiger partial charge in [-0.15, -0.1) is 0 Å². The second-order valence-electron chi connectivity index (χ2n) is 5.29. The number of halogens is 1. The van der Waals surface area contributed by atoms with Crippen LogP contribution in [0.2, 0.25) is 0 Å². The summed E-state index contributed by atoms with van der Waals surface area (Å²) in [7, 11) is -3.40. The molecule has 0 bridgehead atoms. The average molecular weight is 322 g/mol. The van der Waals surface area contributed by atoms with Crippen LogP contribution in [0, 0.1) is 5.82 Å². The molecule has 1 aliphatic heterocycles. The molecular weight excluding hydrogens is 307 g/mol. The van der Waals surface area contributed by atoms with Crippen molar-refractivity contribution in [2.45, 2.75) is 24.7 Å². The Morgan fingerprint density at radius 3 is 2.91 bits per heavy atom. The molecule has 0 aromatic carbocycles. The predicted molar refractivity (Wildman–Crippen MR) is 77.2 cm³/mol. The van der Waals surface area contributed by atoms with Gasteiger partial charge in [0.25, 0.3) is 0 Å². The lowest BCUT2D eigenvalue weighted by molar-refractivity contribution is 0.235. The molecule has 116 valence electrons. The van der Waals surface area contributed by atoms with E-state index in [9.17, 15) is 12.8 Å². The van der Waals surface area contributed by atoms with E-state index >= 15 is 0 Å². The zero-order chi connectivity index (χ0) is 15.7. The maximum absolute atomic E-state index is 13.6. The van der Waals surface area contributed by atoms with Gasteiger partial charge in [-0.05, 0) is 12.1 Å². The van der Waals surface area contributed by atoms with E-state index in [1.165, 1.54) is 6.07 Å². The SMILES string of the molecule is CS(=O)(=O)c1ncc2c(n1)CCN(Cc1ncccc1F)C2. The monoisotopic (exact) mass is 322 g/mol. The molecule has 3 rings (SSSR count). The zero-order valence-corrected chi connectivity index (χ0v) is 12.8. The third-order valence-electron chi connectivity index (χ3n) is 3.53. The van der Waals surface area contributed by atoms with E-state index in [0.717, 1.165) is 17.5 Å². The van der Waals surface area contributed by atoms with Crippen LogP contribution in [0.4, 0.5) is 4.39 Å². The highest BCUT2D eigenvalue weighted by Gasteiger charge is 2.21. The normalized spacial score (nSPS) is 15.5. The number of hydrogen-bond acceptors (Lipinski definition) is 6. The molecule has 0 atom stereocenters. The van der Waals surface area contributed by atoms with E-state index in [0.29, 0.717) is 31.7 Å². The number of rotatable bonds is 3. The Balaban J connectivity index is 1.79. The number of fused-ring (bicyclic) bond motifs is 1. The topological polar surface area (TPSA) is 76.1 Å². The van der Waals surface area contributed by atoms with E-state index in [1.807, 2.05) is 4.90 Å². The van der Waals surface area contributed by atoms with Crippen LogP contribution in [0.1, 0.15) is 17.0 Å². The largest absolute Gasteiger partial charge is 0.293 e. The summed E-state index contributed by atoms with van der Waals surface area (Å²) in [6.07, 6.45) is 4.81. The number of pyridine rings is 1. The average Bonchev–Trinajstić information content (AvgIpc) is 2.48. The molecule has 0 radical (unpaired) electrons. The highest BCUT2D eigenvalue weighted by atomic mass is 32.2. The molecule has 0 saturated carbocycles. The standard InChI is InChI=1S/C14H15FN4O2S/c1-22(20,21)14-17-7-10-8-19(6-4-12(10)18-14)9-13-11(15)3-2-5-16-13/h2-3,5,7H,4,6,8-9H2,1H3. The van der Waals surface area contributed by atoms with Crippen LogP contribution in [0.5, 0.6) is 0 Å². The maximum atomic E-state index is 13.6. The van der Waals surface area contributed by atoms with E-state index in [2.05, 4.69) is 15.0 Å². The van der Waals surface area contributed by atoms with Crippen LogP contribution >= 0.6 is 0 Å². The minimum absolute atomic E-state index is 0.143. The second kappa shape index (κ2) is 5.69. The quantitative estimate of drug-likeness (QED) is 0.784. The lowest BCUT2D eigenvalue weighted by atomic mass is 10.1. The molecule has 0 N–H and O–H groups in total. The van der Waals surface area contributed by atoms with Crippen molar-refractivity contribution in [2.75, 3.05) is 12.8 Å². The van der Waals surface area contributed by atoms with Gasteiger partial charge in [0.2, 0.25) is 15.0 Å². The van der Waals surface area contributed by atoms with Crippen molar-refractivity contribution in [3.8, 4) is 0 Å². The van der Waals surface area contributed by atoms with Crippen molar-refractivity contribution in [1.82, 2.24) is 19.9 Å². The third kappa shape index (κ3) is 3.12. The van der Waals surface area contributed by atoms with Crippen molar-refractivity contribution in [1.29, 1.82) is 0 Å². The lowest BCUT2D eigenvalue weighted by Crippen LogP contribution is -2.31. The first kappa shape index (κ1) is 15.0. The number of nitrogens with zero attached hydrogens (tertiary/aromatic N) is 4. The summed E-state index contributed by atoms with van der Waals surface area (Å²) in [5, 5.41) is -0.143. The Morgan fingerprint density at radius 1 is 1.36 bits per heavy atom. The Bertz CT molecular complexity index is 810. The van der Waals surface area contributed by atoms with Crippen molar-refractivity contribution in [2.24, 2.45) is 0 Å². The fourth-order valence-electron chi connectivity index (χ4n) is 2.42. The third-order valence-corrected chi connectivity index (χ3v) is 4.39. The lowest BCUT2D eigenvalue weighted by Gasteiger charge is -2.27. The summed E-state index contributed by atoms with van der Waals surface area (Å²) in [5.41, 5.74) is 2.02. The molecule has 0 amide bonds. The summed E-state index contributed by atoms with van der Waals surface area (Å²) < 4.78 is 36.6. The smallest absolute Gasteiger partial charge is 0.246 e. The van der Waals surface area contributed by atoms with Gasteiger partial charge in [0, 0.05) is 50.3 Å². The molecule has 0 saturated heterocycles. The summed E-state index contributed by atoms with van der Waals surface area (Å²) >= 11 is 0. The Hall–Kier alpha value is -1.93. The number of hydrogen-bond donors (Lipinski definition) is 0. The maximum Gasteiger partial charge on any atom is 0.246 e. The van der Waals surface area contributed by atoms with Crippen LogP contribution in [-0.2, 0) is 29.3 Å². The molecule has 6 nitrogen and oxygen atoms in total. The van der Waals surface area contributed by atoms with E-state index in [-0.39, 0.29) is 11.0 Å². The number of sulfone groups is 1. The van der Waals surface area contributed by atoms with Crippen molar-refractivity contribution >= 4 is 9.84 Å². The first-order chi connectivity index (χ1) is 10.4. The molecule has 0 spiro atoms. The summed E-state index contributed by atoms with van der Waals surface area (Å²) in [6.45, 7) is 1.62. The van der Waals surface area contributed by atoms with Gasteiger partial charge >= 0.3 is 0 Å². The van der Waals surface area contributed by atoms with Crippen LogP contribution in [0.25, 0.3) is 0 Å². The van der Waals surface area contributed by atoms with Gasteiger partial charge in [0.05, 0.1) is 11.4 Å². The summed E-state index contributed by atoms with van der Waals surface area (Å²) in [4.78, 5) is 14.1. The molecule has 1 aliphatic rings. The summed E-state index contributed by atoms with van der Waals surface area (Å²) in [6, 6.07) is 2.95. The Labute approximate surface area is 128 Å². The summed E-state index contributed by atoms with van der Waals surface area (Å²) in [5.74, 6) is -0.322. The van der Waals surface area contributed by atoms with Crippen molar-refractivity contribution in [3.05, 3.63) is 47.3 Å². The van der Waals surface area contributed by atoms with Crippen molar-refractivity contribution in [3.63, 3.8) is 0 Å². The molecule has 8 heteroatoms. The van der Waals surface area contributed by atoms with E-state index in [4.69, 9.17) is 0 Å². The van der Waals surface area contributed by atoms with Gasteiger partial charge < -0.3 is 0 Å². The molecule has 0 aliphatic carbocycles. The molecule has 22 heavy (non-hydrogen) atoms. The van der Waals surface area contributed by atoms with E-state index < -0.39 is 9.84 Å². The Morgan fingerprint density at radius 2 is 2.18 bits per heavy atom. The minimum atomic E-state index is -3.40. The van der Waals surface area contributed by atoms with Gasteiger partial charge in [-0.2, -0.15) is 0 Å². The van der Waals surface area contributed by atoms with Crippen molar-refractivity contribution < 1.29 is 12.8 Å².